The van der Waals surface area contributed by atoms with E-state index in [0.717, 1.165) is 0 Å². The van der Waals surface area contributed by atoms with Gasteiger partial charge in [0.15, 0.2) is 17.6 Å². The number of rotatable bonds is 4. The lowest BCUT2D eigenvalue weighted by atomic mass is 10.3. The van der Waals surface area contributed by atoms with E-state index in [1.54, 1.807) is 7.11 Å². The lowest BCUT2D eigenvalue weighted by Gasteiger charge is -2.12. The lowest BCUT2D eigenvalue weighted by Crippen LogP contribution is -2.22. The van der Waals surface area contributed by atoms with Gasteiger partial charge in [-0.2, -0.15) is 0 Å². The van der Waals surface area contributed by atoms with Crippen LogP contribution in [0.1, 0.15) is 0 Å². The zero-order chi connectivity index (χ0) is 11.4. The number of amides is 1. The predicted molar refractivity (Wildman–Crippen MR) is 56.8 cm³/mol. The Morgan fingerprint density at radius 3 is 2.81 bits per heavy atom. The van der Waals surface area contributed by atoms with Crippen molar-refractivity contribution in [3.63, 3.8) is 0 Å². The molecule has 0 unspecified atom stereocenters. The fraction of sp³-hybridized carbons (Fsp3) is 0.364. The molecule has 0 spiro atoms. The molecule has 1 N–H and O–H groups in total. The Morgan fingerprint density at radius 1 is 1.44 bits per heavy atom. The first-order valence-corrected chi connectivity index (χ1v) is 5.00. The van der Waals surface area contributed by atoms with E-state index in [1.165, 1.54) is 0 Å². The van der Waals surface area contributed by atoms with E-state index in [4.69, 9.17) is 14.2 Å². The second-order valence-corrected chi connectivity index (χ2v) is 3.37. The molecule has 1 heterocycles. The van der Waals surface area contributed by atoms with Crippen LogP contribution in [0, 0.1) is 0 Å². The molecule has 5 heteroatoms. The van der Waals surface area contributed by atoms with Crippen LogP contribution in [0.4, 0.5) is 4.79 Å². The molecule has 86 valence electrons. The fourth-order valence-corrected chi connectivity index (χ4v) is 1.45. The SMILES string of the molecule is COc1ccccc1OC[C@@H]1CNC(=O)O1. The van der Waals surface area contributed by atoms with Crippen LogP contribution in [0.5, 0.6) is 11.5 Å². The second-order valence-electron chi connectivity index (χ2n) is 3.37. The molecule has 1 saturated heterocycles. The van der Waals surface area contributed by atoms with Crippen LogP contribution >= 0.6 is 0 Å². The van der Waals surface area contributed by atoms with Crippen molar-refractivity contribution in [2.24, 2.45) is 0 Å². The van der Waals surface area contributed by atoms with Crippen molar-refractivity contribution in [1.82, 2.24) is 5.32 Å². The minimum absolute atomic E-state index is 0.239. The third-order valence-corrected chi connectivity index (χ3v) is 2.24. The number of carbonyl (C=O) groups excluding carboxylic acids is 1. The number of carbonyl (C=O) groups is 1. The van der Waals surface area contributed by atoms with Crippen molar-refractivity contribution >= 4 is 6.09 Å². The Bertz CT molecular complexity index is 380. The molecular weight excluding hydrogens is 210 g/mol. The van der Waals surface area contributed by atoms with Crippen molar-refractivity contribution in [3.8, 4) is 11.5 Å². The molecule has 1 atom stereocenters. The molecular formula is C11H13NO4. The standard InChI is InChI=1S/C11H13NO4/c1-14-9-4-2-3-5-10(9)15-7-8-6-12-11(13)16-8/h2-5,8H,6-7H2,1H3,(H,12,13)/t8-/m0/s1. The van der Waals surface area contributed by atoms with E-state index in [1.807, 2.05) is 24.3 Å². The molecule has 0 radical (unpaired) electrons. The van der Waals surface area contributed by atoms with Gasteiger partial charge in [-0.25, -0.2) is 4.79 Å². The van der Waals surface area contributed by atoms with E-state index >= 15 is 0 Å². The molecule has 16 heavy (non-hydrogen) atoms. The monoisotopic (exact) mass is 223 g/mol. The van der Waals surface area contributed by atoms with Gasteiger partial charge in [0, 0.05) is 0 Å². The summed E-state index contributed by atoms with van der Waals surface area (Å²) in [6.07, 6.45) is -0.633. The van der Waals surface area contributed by atoms with Crippen molar-refractivity contribution < 1.29 is 19.0 Å². The predicted octanol–water partition coefficient (Wildman–Crippen LogP) is 1.18. The van der Waals surface area contributed by atoms with Crippen molar-refractivity contribution in [3.05, 3.63) is 24.3 Å². The molecule has 2 rings (SSSR count). The number of alkyl carbamates (subject to hydrolysis) is 1. The lowest BCUT2D eigenvalue weighted by molar-refractivity contribution is 0.103. The average Bonchev–Trinajstić information content (AvgIpc) is 2.73. The summed E-state index contributed by atoms with van der Waals surface area (Å²) in [7, 11) is 1.58. The number of hydrogen-bond acceptors (Lipinski definition) is 4. The Balaban J connectivity index is 1.91. The number of benzene rings is 1. The van der Waals surface area contributed by atoms with Crippen LogP contribution in [0.25, 0.3) is 0 Å². The largest absolute Gasteiger partial charge is 0.493 e. The zero-order valence-corrected chi connectivity index (χ0v) is 8.93. The summed E-state index contributed by atoms with van der Waals surface area (Å²) < 4.78 is 15.6. The minimum Gasteiger partial charge on any atom is -0.493 e. The highest BCUT2D eigenvalue weighted by molar-refractivity contribution is 5.69. The molecule has 1 fully saturated rings. The quantitative estimate of drug-likeness (QED) is 0.832. The molecule has 0 saturated carbocycles. The van der Waals surface area contributed by atoms with E-state index < -0.39 is 6.09 Å². The summed E-state index contributed by atoms with van der Waals surface area (Å²) >= 11 is 0. The highest BCUT2D eigenvalue weighted by atomic mass is 16.6. The highest BCUT2D eigenvalue weighted by Crippen LogP contribution is 2.25. The summed E-state index contributed by atoms with van der Waals surface area (Å²) in [5, 5.41) is 2.56. The van der Waals surface area contributed by atoms with Gasteiger partial charge in [0.1, 0.15) is 6.61 Å². The summed E-state index contributed by atoms with van der Waals surface area (Å²) in [6.45, 7) is 0.799. The van der Waals surface area contributed by atoms with Gasteiger partial charge in [-0.1, -0.05) is 12.1 Å². The highest BCUT2D eigenvalue weighted by Gasteiger charge is 2.23. The molecule has 5 nitrogen and oxygen atoms in total. The second kappa shape index (κ2) is 4.74. The Kier molecular flexibility index (Phi) is 3.14. The normalized spacial score (nSPS) is 18.8. The van der Waals surface area contributed by atoms with Gasteiger partial charge in [-0.05, 0) is 12.1 Å². The van der Waals surface area contributed by atoms with Crippen LogP contribution in [0.3, 0.4) is 0 Å². The average molecular weight is 223 g/mol. The number of nitrogens with one attached hydrogen (secondary N) is 1. The Labute approximate surface area is 93.3 Å². The molecule has 0 aliphatic carbocycles. The van der Waals surface area contributed by atoms with Crippen molar-refractivity contribution in [2.75, 3.05) is 20.3 Å². The van der Waals surface area contributed by atoms with E-state index in [-0.39, 0.29) is 6.10 Å². The number of cyclic esters (lactones) is 1. The first-order chi connectivity index (χ1) is 7.79. The minimum atomic E-state index is -0.395. The zero-order valence-electron chi connectivity index (χ0n) is 8.93. The number of para-hydroxylation sites is 2. The third kappa shape index (κ3) is 2.36. The molecule has 1 aromatic rings. The van der Waals surface area contributed by atoms with Crippen LogP contribution in [-0.2, 0) is 4.74 Å². The first-order valence-electron chi connectivity index (χ1n) is 5.00. The van der Waals surface area contributed by atoms with Gasteiger partial charge < -0.3 is 19.5 Å². The molecule has 1 aliphatic heterocycles. The molecule has 0 bridgehead atoms. The maximum Gasteiger partial charge on any atom is 0.407 e. The van der Waals surface area contributed by atoms with Crippen LogP contribution in [-0.4, -0.2) is 32.5 Å². The van der Waals surface area contributed by atoms with Gasteiger partial charge in [0.25, 0.3) is 0 Å². The number of ether oxygens (including phenoxy) is 3. The molecule has 1 aliphatic rings. The van der Waals surface area contributed by atoms with Crippen LogP contribution in [0.2, 0.25) is 0 Å². The van der Waals surface area contributed by atoms with Crippen molar-refractivity contribution in [2.45, 2.75) is 6.10 Å². The number of methoxy groups -OCH3 is 1. The maximum absolute atomic E-state index is 10.8. The topological polar surface area (TPSA) is 56.8 Å². The van der Waals surface area contributed by atoms with Gasteiger partial charge in [-0.3, -0.25) is 0 Å². The molecule has 0 aromatic heterocycles. The third-order valence-electron chi connectivity index (χ3n) is 2.24. The smallest absolute Gasteiger partial charge is 0.407 e. The van der Waals surface area contributed by atoms with Gasteiger partial charge in [-0.15, -0.1) is 0 Å². The fourth-order valence-electron chi connectivity index (χ4n) is 1.45. The van der Waals surface area contributed by atoms with E-state index in [0.29, 0.717) is 24.7 Å². The summed E-state index contributed by atoms with van der Waals surface area (Å²) in [6, 6.07) is 7.34. The molecule has 1 aromatic carbocycles. The van der Waals surface area contributed by atoms with Gasteiger partial charge >= 0.3 is 6.09 Å². The summed E-state index contributed by atoms with van der Waals surface area (Å²) in [5.74, 6) is 1.31. The maximum atomic E-state index is 10.8. The number of hydrogen-bond donors (Lipinski definition) is 1. The Hall–Kier alpha value is -1.91. The van der Waals surface area contributed by atoms with Crippen molar-refractivity contribution in [1.29, 1.82) is 0 Å². The van der Waals surface area contributed by atoms with Crippen LogP contribution in [0.15, 0.2) is 24.3 Å². The van der Waals surface area contributed by atoms with Gasteiger partial charge in [0.05, 0.1) is 13.7 Å². The molecule has 1 amide bonds. The van der Waals surface area contributed by atoms with Crippen LogP contribution < -0.4 is 14.8 Å². The summed E-state index contributed by atoms with van der Waals surface area (Å²) in [4.78, 5) is 10.8. The van der Waals surface area contributed by atoms with E-state index in [9.17, 15) is 4.79 Å². The van der Waals surface area contributed by atoms with Gasteiger partial charge in [0.2, 0.25) is 0 Å². The summed E-state index contributed by atoms with van der Waals surface area (Å²) in [5.41, 5.74) is 0. The van der Waals surface area contributed by atoms with E-state index in [2.05, 4.69) is 5.32 Å². The first kappa shape index (κ1) is 10.6. The Morgan fingerprint density at radius 2 is 2.19 bits per heavy atom.